The van der Waals surface area contributed by atoms with Crippen LogP contribution in [0.25, 0.3) is 0 Å². The van der Waals surface area contributed by atoms with Gasteiger partial charge in [-0.25, -0.2) is 27.2 Å². The van der Waals surface area contributed by atoms with Crippen LogP contribution in [0.3, 0.4) is 0 Å². The van der Waals surface area contributed by atoms with Crippen molar-refractivity contribution in [2.75, 3.05) is 69.2 Å². The van der Waals surface area contributed by atoms with Crippen LogP contribution in [-0.2, 0) is 10.0 Å². The van der Waals surface area contributed by atoms with Crippen molar-refractivity contribution in [2.45, 2.75) is 11.8 Å². The lowest BCUT2D eigenvalue weighted by atomic mass is 10.3. The Hall–Kier alpha value is -2.37. The third-order valence-electron chi connectivity index (χ3n) is 5.72. The molecule has 0 radical (unpaired) electrons. The monoisotopic (exact) mass is 452 g/mol. The summed E-state index contributed by atoms with van der Waals surface area (Å²) in [6.07, 6.45) is 0. The van der Waals surface area contributed by atoms with Crippen molar-refractivity contribution in [2.24, 2.45) is 0 Å². The van der Waals surface area contributed by atoms with E-state index in [4.69, 9.17) is 0 Å². The summed E-state index contributed by atoms with van der Waals surface area (Å²) in [6, 6.07) is 4.99. The number of nitrogens with zero attached hydrogens (tertiary/aromatic N) is 6. The smallest absolute Gasteiger partial charge is 0.249 e. The molecule has 4 rings (SSSR count). The maximum Gasteiger partial charge on any atom is 0.249 e. The Morgan fingerprint density at radius 2 is 1.32 bits per heavy atom. The predicted molar refractivity (Wildman–Crippen MR) is 114 cm³/mol. The molecule has 2 saturated heterocycles. The fourth-order valence-electron chi connectivity index (χ4n) is 3.91. The van der Waals surface area contributed by atoms with E-state index in [1.165, 1.54) is 0 Å². The molecule has 0 atom stereocenters. The highest BCUT2D eigenvalue weighted by Crippen LogP contribution is 2.26. The van der Waals surface area contributed by atoms with E-state index in [9.17, 15) is 17.2 Å². The number of hydrogen-bond acceptors (Lipinski definition) is 7. The minimum Gasteiger partial charge on any atom is -0.354 e. The minimum absolute atomic E-state index is 0.114. The number of aryl methyl sites for hydroxylation is 1. The molecule has 0 N–H and O–H groups in total. The average molecular weight is 453 g/mol. The first-order chi connectivity index (χ1) is 14.8. The van der Waals surface area contributed by atoms with E-state index < -0.39 is 26.6 Å². The van der Waals surface area contributed by atoms with Crippen LogP contribution in [0.15, 0.2) is 29.2 Å². The molecule has 0 saturated carbocycles. The van der Waals surface area contributed by atoms with Crippen molar-refractivity contribution in [3.05, 3.63) is 41.7 Å². The zero-order valence-electron chi connectivity index (χ0n) is 17.6. The van der Waals surface area contributed by atoms with Crippen LogP contribution in [0.1, 0.15) is 5.82 Å². The van der Waals surface area contributed by atoms with Gasteiger partial charge in [0, 0.05) is 58.4 Å². The number of piperazine rings is 2. The summed E-state index contributed by atoms with van der Waals surface area (Å²) in [5, 5.41) is 0. The topological polar surface area (TPSA) is 72.9 Å². The lowest BCUT2D eigenvalue weighted by molar-refractivity contribution is 0.312. The van der Waals surface area contributed by atoms with Crippen molar-refractivity contribution >= 4 is 21.7 Å². The molecule has 2 aromatic rings. The van der Waals surface area contributed by atoms with Crippen LogP contribution in [0.5, 0.6) is 0 Å². The van der Waals surface area contributed by atoms with Gasteiger partial charge in [0.2, 0.25) is 10.0 Å². The number of anilines is 2. The fourth-order valence-corrected chi connectivity index (χ4v) is 5.44. The van der Waals surface area contributed by atoms with Gasteiger partial charge in [-0.1, -0.05) is 6.07 Å². The molecule has 168 valence electrons. The van der Waals surface area contributed by atoms with Crippen LogP contribution in [-0.4, -0.2) is 87.0 Å². The van der Waals surface area contributed by atoms with Gasteiger partial charge >= 0.3 is 0 Å². The molecule has 8 nitrogen and oxygen atoms in total. The van der Waals surface area contributed by atoms with Crippen molar-refractivity contribution < 1.29 is 17.2 Å². The molecule has 1 aromatic carbocycles. The van der Waals surface area contributed by atoms with Gasteiger partial charge in [-0.05, 0) is 26.1 Å². The third kappa shape index (κ3) is 4.48. The Balaban J connectivity index is 1.49. The summed E-state index contributed by atoms with van der Waals surface area (Å²) in [5.41, 5.74) is 0. The number of likely N-dealkylation sites (N-methyl/N-ethyl adjacent to an activating group) is 1. The highest BCUT2D eigenvalue weighted by molar-refractivity contribution is 7.89. The quantitative estimate of drug-likeness (QED) is 0.693. The zero-order valence-corrected chi connectivity index (χ0v) is 18.4. The normalized spacial score (nSPS) is 19.1. The first kappa shape index (κ1) is 21.8. The molecule has 0 bridgehead atoms. The second-order valence-corrected chi connectivity index (χ2v) is 9.74. The summed E-state index contributed by atoms with van der Waals surface area (Å²) < 4.78 is 54.8. The molecule has 2 aliphatic heterocycles. The summed E-state index contributed by atoms with van der Waals surface area (Å²) in [5.74, 6) is 0.0841. The number of rotatable bonds is 4. The van der Waals surface area contributed by atoms with Crippen LogP contribution in [0.4, 0.5) is 20.4 Å². The van der Waals surface area contributed by atoms with Crippen molar-refractivity contribution in [3.63, 3.8) is 0 Å². The van der Waals surface area contributed by atoms with Gasteiger partial charge in [0.05, 0.1) is 0 Å². The zero-order chi connectivity index (χ0) is 22.2. The molecule has 0 spiro atoms. The number of aromatic nitrogens is 2. The summed E-state index contributed by atoms with van der Waals surface area (Å²) in [7, 11) is -2.16. The minimum atomic E-state index is -4.26. The second-order valence-electron chi connectivity index (χ2n) is 7.86. The molecule has 0 unspecified atom stereocenters. The lowest BCUT2D eigenvalue weighted by Gasteiger charge is -2.36. The predicted octanol–water partition coefficient (Wildman–Crippen LogP) is 1.33. The fraction of sp³-hybridized carbons (Fsp3) is 0.500. The number of benzene rings is 1. The molecule has 1 aromatic heterocycles. The molecular weight excluding hydrogens is 426 g/mol. The molecule has 0 amide bonds. The molecule has 11 heteroatoms. The Labute approximate surface area is 181 Å². The van der Waals surface area contributed by atoms with E-state index in [1.54, 1.807) is 0 Å². The first-order valence-electron chi connectivity index (χ1n) is 10.2. The van der Waals surface area contributed by atoms with E-state index in [2.05, 4.69) is 26.8 Å². The van der Waals surface area contributed by atoms with E-state index >= 15 is 0 Å². The van der Waals surface area contributed by atoms with Gasteiger partial charge in [-0.15, -0.1) is 0 Å². The number of hydrogen-bond donors (Lipinski definition) is 0. The number of halogens is 2. The van der Waals surface area contributed by atoms with Gasteiger partial charge < -0.3 is 14.7 Å². The van der Waals surface area contributed by atoms with Crippen molar-refractivity contribution in [3.8, 4) is 0 Å². The SMILES string of the molecule is Cc1nc(N2CCN(C)CC2)cc(N2CCN(S(=O)(=O)c3c(F)cccc3F)CC2)n1. The maximum absolute atomic E-state index is 14.1. The largest absolute Gasteiger partial charge is 0.354 e. The molecule has 31 heavy (non-hydrogen) atoms. The van der Waals surface area contributed by atoms with Crippen LogP contribution in [0, 0.1) is 18.6 Å². The number of sulfonamides is 1. The highest BCUT2D eigenvalue weighted by Gasteiger charge is 2.33. The third-order valence-corrected chi connectivity index (χ3v) is 7.67. The summed E-state index contributed by atoms with van der Waals surface area (Å²) in [6.45, 7) is 6.49. The first-order valence-corrected chi connectivity index (χ1v) is 11.7. The van der Waals surface area contributed by atoms with Gasteiger partial charge in [-0.3, -0.25) is 0 Å². The Kier molecular flexibility index (Phi) is 6.09. The van der Waals surface area contributed by atoms with E-state index in [1.807, 2.05) is 17.9 Å². The average Bonchev–Trinajstić information content (AvgIpc) is 2.73. The van der Waals surface area contributed by atoms with Crippen molar-refractivity contribution in [1.82, 2.24) is 19.2 Å². The van der Waals surface area contributed by atoms with Gasteiger partial charge in [-0.2, -0.15) is 4.31 Å². The molecule has 2 aliphatic rings. The summed E-state index contributed by atoms with van der Waals surface area (Å²) >= 11 is 0. The van der Waals surface area contributed by atoms with Gasteiger partial charge in [0.25, 0.3) is 0 Å². The van der Waals surface area contributed by atoms with Gasteiger partial charge in [0.1, 0.15) is 29.1 Å². The van der Waals surface area contributed by atoms with Gasteiger partial charge in [0.15, 0.2) is 4.90 Å². The standard InChI is InChI=1S/C20H26F2N6O2S/c1-15-23-18(26-8-6-25(2)7-9-26)14-19(24-15)27-10-12-28(13-11-27)31(29,30)20-16(21)4-3-5-17(20)22/h3-5,14H,6-13H2,1-2H3. The Morgan fingerprint density at radius 3 is 1.84 bits per heavy atom. The maximum atomic E-state index is 14.1. The Bertz CT molecular complexity index is 1030. The van der Waals surface area contributed by atoms with Crippen molar-refractivity contribution in [1.29, 1.82) is 0 Å². The van der Waals surface area contributed by atoms with E-state index in [0.29, 0.717) is 18.9 Å². The van der Waals surface area contributed by atoms with Crippen LogP contribution >= 0.6 is 0 Å². The van der Waals surface area contributed by atoms with E-state index in [-0.39, 0.29) is 13.1 Å². The van der Waals surface area contributed by atoms with Crippen LogP contribution < -0.4 is 9.80 Å². The molecular formula is C20H26F2N6O2S. The van der Waals surface area contributed by atoms with E-state index in [0.717, 1.165) is 60.3 Å². The summed E-state index contributed by atoms with van der Waals surface area (Å²) in [4.78, 5) is 14.7. The second kappa shape index (κ2) is 8.64. The van der Waals surface area contributed by atoms with Crippen LogP contribution in [0.2, 0.25) is 0 Å². The highest BCUT2D eigenvalue weighted by atomic mass is 32.2. The molecule has 0 aliphatic carbocycles. The Morgan fingerprint density at radius 1 is 0.839 bits per heavy atom. The molecule has 2 fully saturated rings. The molecule has 3 heterocycles. The lowest BCUT2D eigenvalue weighted by Crippen LogP contribution is -2.49.